The molecule has 0 atom stereocenters. The second kappa shape index (κ2) is 2.81. The molecule has 0 aromatic rings. The smallest absolute Gasteiger partial charge is 0.303 e. The van der Waals surface area contributed by atoms with Crippen molar-refractivity contribution in [2.75, 3.05) is 0 Å². The molecule has 0 aromatic heterocycles. The van der Waals surface area contributed by atoms with Gasteiger partial charge in [-0.1, -0.05) is 12.0 Å². The van der Waals surface area contributed by atoms with Crippen LogP contribution >= 0.6 is 0 Å². The van der Waals surface area contributed by atoms with Crippen LogP contribution in [0.25, 0.3) is 0 Å². The van der Waals surface area contributed by atoms with E-state index in [1.165, 1.54) is 6.92 Å². The number of hydrogen-bond acceptors (Lipinski definition) is 3. The average Bonchev–Trinajstić information content (AvgIpc) is 1.63. The summed E-state index contributed by atoms with van der Waals surface area (Å²) >= 11 is 0. The molecule has 50 valence electrons. The molecule has 0 bridgehead atoms. The van der Waals surface area contributed by atoms with E-state index in [1.807, 2.05) is 0 Å². The van der Waals surface area contributed by atoms with Crippen LogP contribution in [0.1, 0.15) is 6.92 Å². The Morgan fingerprint density at radius 2 is 2.33 bits per heavy atom. The van der Waals surface area contributed by atoms with Crippen molar-refractivity contribution < 1.29 is 9.76 Å². The first-order valence-electron chi connectivity index (χ1n) is 2.19. The van der Waals surface area contributed by atoms with E-state index < -0.39 is 10.9 Å². The fourth-order valence-corrected chi connectivity index (χ4v) is 0.188. The Balaban J connectivity index is 3.79. The van der Waals surface area contributed by atoms with Gasteiger partial charge < -0.3 is 5.21 Å². The van der Waals surface area contributed by atoms with E-state index in [-0.39, 0.29) is 5.57 Å². The first-order valence-corrected chi connectivity index (χ1v) is 2.19. The number of carbonyl (C=O) groups excluding carboxylic acids is 1. The summed E-state index contributed by atoms with van der Waals surface area (Å²) in [6.07, 6.45) is 0. The van der Waals surface area contributed by atoms with Crippen molar-refractivity contribution >= 4 is 5.91 Å². The van der Waals surface area contributed by atoms with Gasteiger partial charge in [0.25, 0.3) is 0 Å². The molecule has 0 fully saturated rings. The molecule has 5 nitrogen and oxygen atoms in total. The van der Waals surface area contributed by atoms with E-state index in [9.17, 15) is 10.0 Å². The molecule has 1 amide bonds. The lowest BCUT2D eigenvalue weighted by molar-refractivity contribution is -0.596. The van der Waals surface area contributed by atoms with Crippen LogP contribution in [-0.4, -0.2) is 10.9 Å². The van der Waals surface area contributed by atoms with Crippen LogP contribution in [0, 0.1) is 10.7 Å². The van der Waals surface area contributed by atoms with Gasteiger partial charge in [-0.05, 0) is 12.5 Å². The van der Waals surface area contributed by atoms with Crippen LogP contribution in [0.4, 0.5) is 0 Å². The molecule has 0 aromatic carbocycles. The minimum Gasteiger partial charge on any atom is -0.571 e. The van der Waals surface area contributed by atoms with Gasteiger partial charge in [0.2, 0.25) is 0 Å². The Labute approximate surface area is 52.0 Å². The first-order chi connectivity index (χ1) is 4.04. The van der Waals surface area contributed by atoms with E-state index in [2.05, 4.69) is 6.58 Å². The highest BCUT2D eigenvalue weighted by molar-refractivity contribution is 5.91. The van der Waals surface area contributed by atoms with Crippen molar-refractivity contribution in [1.29, 1.82) is 5.53 Å². The maximum Gasteiger partial charge on any atom is 0.303 e. The van der Waals surface area contributed by atoms with Crippen LogP contribution in [-0.2, 0) is 4.79 Å². The highest BCUT2D eigenvalue weighted by Crippen LogP contribution is 1.83. The summed E-state index contributed by atoms with van der Waals surface area (Å²) in [4.78, 5) is 9.96. The number of nitrogens with zero attached hydrogens (tertiary/aromatic N) is 1. The maximum atomic E-state index is 10.4. The zero-order chi connectivity index (χ0) is 7.44. The third-order valence-corrected chi connectivity index (χ3v) is 0.591. The van der Waals surface area contributed by atoms with Gasteiger partial charge in [-0.25, -0.2) is 0 Å². The predicted octanol–water partition coefficient (Wildman–Crippen LogP) is 0.135. The minimum atomic E-state index is -0.639. The van der Waals surface area contributed by atoms with Crippen LogP contribution in [0.15, 0.2) is 12.2 Å². The van der Waals surface area contributed by atoms with Gasteiger partial charge in [-0.2, -0.15) is 0 Å². The van der Waals surface area contributed by atoms with Crippen LogP contribution in [0.2, 0.25) is 0 Å². The molecule has 5 heteroatoms. The van der Waals surface area contributed by atoms with Gasteiger partial charge >= 0.3 is 5.91 Å². The fraction of sp³-hybridized carbons (Fsp3) is 0.250. The number of hydrazine groups is 1. The Morgan fingerprint density at radius 1 is 1.89 bits per heavy atom. The van der Waals surface area contributed by atoms with Crippen molar-refractivity contribution in [1.82, 2.24) is 5.43 Å². The summed E-state index contributed by atoms with van der Waals surface area (Å²) in [5.41, 5.74) is 8.05. The molecule has 0 aliphatic rings. The largest absolute Gasteiger partial charge is 0.571 e. The number of nitrogens with one attached hydrogen (secondary N) is 2. The van der Waals surface area contributed by atoms with Gasteiger partial charge in [0.05, 0.1) is 0 Å². The number of rotatable bonds is 2. The normalized spacial score (nSPS) is 8.11. The first kappa shape index (κ1) is 7.61. The van der Waals surface area contributed by atoms with Gasteiger partial charge in [-0.15, -0.1) is 0 Å². The van der Waals surface area contributed by atoms with Crippen molar-refractivity contribution in [2.45, 2.75) is 6.92 Å². The monoisotopic (exact) mass is 129 g/mol. The predicted molar refractivity (Wildman–Crippen MR) is 29.3 cm³/mol. The molecule has 0 aliphatic carbocycles. The summed E-state index contributed by atoms with van der Waals surface area (Å²) in [5, 5.41) is 9.77. The molecule has 0 rings (SSSR count). The average molecular weight is 129 g/mol. The van der Waals surface area contributed by atoms with Crippen molar-refractivity contribution in [3.05, 3.63) is 17.4 Å². The van der Waals surface area contributed by atoms with Crippen molar-refractivity contribution in [3.63, 3.8) is 0 Å². The molecule has 0 spiro atoms. The number of hydrogen-bond donors (Lipinski definition) is 2. The summed E-state index contributed by atoms with van der Waals surface area (Å²) in [6, 6.07) is 0. The standard InChI is InChI=1S/C4H7N3O2/c1-3(2)4(8)6-7(5)9/h1H2,2H3,(H2,5,6,8). The highest BCUT2D eigenvalue weighted by Gasteiger charge is 2.03. The minimum absolute atomic E-state index is 0.197. The molecule has 0 saturated heterocycles. The topological polar surface area (TPSA) is 79.0 Å². The van der Waals surface area contributed by atoms with Crippen LogP contribution < -0.4 is 5.43 Å². The second-order valence-electron chi connectivity index (χ2n) is 1.52. The van der Waals surface area contributed by atoms with Gasteiger partial charge in [0, 0.05) is 10.5 Å². The Hall–Kier alpha value is -1.39. The highest BCUT2D eigenvalue weighted by atomic mass is 16.5. The summed E-state index contributed by atoms with van der Waals surface area (Å²) < 4.78 is 0. The molecule has 9 heavy (non-hydrogen) atoms. The number of amides is 1. The molecule has 0 unspecified atom stereocenters. The van der Waals surface area contributed by atoms with E-state index >= 15 is 0 Å². The molecule has 0 radical (unpaired) electrons. The molecule has 0 saturated carbocycles. The number of carbonyl (C=O) groups is 1. The lowest BCUT2D eigenvalue weighted by Crippen LogP contribution is -2.29. The zero-order valence-corrected chi connectivity index (χ0v) is 4.97. The molecule has 0 aliphatic heterocycles. The summed E-state index contributed by atoms with van der Waals surface area (Å²) in [5.74, 6) is -0.639. The lowest BCUT2D eigenvalue weighted by Gasteiger charge is -1.96. The third-order valence-electron chi connectivity index (χ3n) is 0.591. The van der Waals surface area contributed by atoms with E-state index in [0.717, 1.165) is 0 Å². The molecular weight excluding hydrogens is 122 g/mol. The van der Waals surface area contributed by atoms with Crippen LogP contribution in [0.3, 0.4) is 0 Å². The van der Waals surface area contributed by atoms with Crippen LogP contribution in [0.5, 0.6) is 0 Å². The fourth-order valence-electron chi connectivity index (χ4n) is 0.188. The van der Waals surface area contributed by atoms with Gasteiger partial charge in [0.1, 0.15) is 0 Å². The Bertz CT molecular complexity index is 163. The molecular formula is C4H7N3O2. The van der Waals surface area contributed by atoms with E-state index in [0.29, 0.717) is 0 Å². The maximum absolute atomic E-state index is 10.4. The van der Waals surface area contributed by atoms with Crippen molar-refractivity contribution in [3.8, 4) is 0 Å². The zero-order valence-electron chi connectivity index (χ0n) is 4.97. The van der Waals surface area contributed by atoms with Gasteiger partial charge in [-0.3, -0.25) is 4.79 Å². The van der Waals surface area contributed by atoms with Gasteiger partial charge in [0.15, 0.2) is 0 Å². The Morgan fingerprint density at radius 3 is 2.44 bits per heavy atom. The third kappa shape index (κ3) is 3.22. The lowest BCUT2D eigenvalue weighted by atomic mass is 10.3. The van der Waals surface area contributed by atoms with Crippen molar-refractivity contribution in [2.24, 2.45) is 0 Å². The van der Waals surface area contributed by atoms with E-state index in [4.69, 9.17) is 5.53 Å². The summed E-state index contributed by atoms with van der Waals surface area (Å²) in [6.45, 7) is 4.69. The van der Waals surface area contributed by atoms with E-state index in [1.54, 1.807) is 5.43 Å². The summed E-state index contributed by atoms with van der Waals surface area (Å²) in [7, 11) is 0. The SMILES string of the molecule is C=C(C)C(=O)N[N+](=N)[O-]. The Kier molecular flexibility index (Phi) is 2.37. The quantitative estimate of drug-likeness (QED) is 0.240. The second-order valence-corrected chi connectivity index (χ2v) is 1.52. The molecule has 2 N–H and O–H groups in total. The molecule has 0 heterocycles.